The van der Waals surface area contributed by atoms with E-state index in [2.05, 4.69) is 4.74 Å². The van der Waals surface area contributed by atoms with Gasteiger partial charge in [0.05, 0.1) is 5.92 Å². The van der Waals surface area contributed by atoms with Gasteiger partial charge in [-0.1, -0.05) is 12.8 Å². The molecule has 1 saturated heterocycles. The predicted molar refractivity (Wildman–Crippen MR) is 113 cm³/mol. The Labute approximate surface area is 206 Å². The van der Waals surface area contributed by atoms with Crippen LogP contribution in [-0.4, -0.2) is 47.0 Å². The van der Waals surface area contributed by atoms with Gasteiger partial charge in [0, 0.05) is 0 Å². The van der Waals surface area contributed by atoms with Crippen LogP contribution in [0.15, 0.2) is 0 Å². The van der Waals surface area contributed by atoms with Crippen LogP contribution in [-0.2, 0) is 19.0 Å². The van der Waals surface area contributed by atoms with E-state index in [1.54, 1.807) is 0 Å². The van der Waals surface area contributed by atoms with Gasteiger partial charge in [0.15, 0.2) is 6.79 Å². The Morgan fingerprint density at radius 2 is 1.56 bits per heavy atom. The largest absolute Gasteiger partial charge is 0.459 e. The molecule has 36 heavy (non-hydrogen) atoms. The summed E-state index contributed by atoms with van der Waals surface area (Å²) in [6.45, 7) is -1.07. The van der Waals surface area contributed by atoms with Gasteiger partial charge in [0.25, 0.3) is 0 Å². The van der Waals surface area contributed by atoms with E-state index >= 15 is 8.78 Å². The Kier molecular flexibility index (Phi) is 4.91. The highest BCUT2D eigenvalue weighted by molar-refractivity contribution is 5.74. The zero-order valence-electron chi connectivity index (χ0n) is 20.1. The Balaban J connectivity index is 1.14. The zero-order chi connectivity index (χ0) is 25.3. The summed E-state index contributed by atoms with van der Waals surface area (Å²) in [4.78, 5) is 13.5. The van der Waals surface area contributed by atoms with Crippen molar-refractivity contribution >= 4 is 5.97 Å². The molecule has 7 aliphatic carbocycles. The smallest absolute Gasteiger partial charge is 0.449 e. The van der Waals surface area contributed by atoms with Crippen molar-refractivity contribution in [1.29, 1.82) is 0 Å². The third-order valence-corrected chi connectivity index (χ3v) is 11.5. The minimum atomic E-state index is -5.69. The van der Waals surface area contributed by atoms with Crippen molar-refractivity contribution in [3.63, 3.8) is 0 Å². The number of esters is 1. The summed E-state index contributed by atoms with van der Waals surface area (Å²) in [5, 5.41) is 10.1. The van der Waals surface area contributed by atoms with E-state index < -0.39 is 47.7 Å². The molecule has 1 heterocycles. The lowest BCUT2D eigenvalue weighted by molar-refractivity contribution is -0.521. The lowest BCUT2D eigenvalue weighted by atomic mass is 9.46. The van der Waals surface area contributed by atoms with Crippen molar-refractivity contribution in [3.8, 4) is 0 Å². The van der Waals surface area contributed by atoms with Gasteiger partial charge in [-0.15, -0.1) is 0 Å². The highest BCUT2D eigenvalue weighted by Crippen LogP contribution is 2.70. The van der Waals surface area contributed by atoms with E-state index in [4.69, 9.17) is 9.47 Å². The molecular weight excluding hydrogens is 487 g/mol. The summed E-state index contributed by atoms with van der Waals surface area (Å²) < 4.78 is 88.2. The minimum absolute atomic E-state index is 0.0232. The van der Waals surface area contributed by atoms with Crippen LogP contribution in [0, 0.1) is 47.3 Å². The van der Waals surface area contributed by atoms with Crippen LogP contribution in [0.4, 0.5) is 22.0 Å². The molecule has 1 spiro atoms. The molecule has 8 fully saturated rings. The summed E-state index contributed by atoms with van der Waals surface area (Å²) in [6.07, 6.45) is 2.21. The van der Waals surface area contributed by atoms with Gasteiger partial charge in [-0.25, -0.2) is 0 Å². The zero-order valence-corrected chi connectivity index (χ0v) is 20.1. The first-order chi connectivity index (χ1) is 16.9. The fraction of sp³-hybridized carbons (Fsp3) is 0.962. The molecule has 0 aromatic heterocycles. The fourth-order valence-electron chi connectivity index (χ4n) is 10.5. The first-order valence-corrected chi connectivity index (χ1v) is 13.6. The summed E-state index contributed by atoms with van der Waals surface area (Å²) in [7, 11) is 0. The van der Waals surface area contributed by atoms with Crippen LogP contribution in [0.3, 0.4) is 0 Å². The standard InChI is InChI=1S/C26H33F5O5/c27-24(28)23(34-12-35-25(24,33)26(29,30)31)15-5-13-6-16(23)11-22(9-13,10-15)36-21(32)20-8-14-7-19(20)18-4-2-1-3-17(14)18/h13-20,33H,1-12H2. The van der Waals surface area contributed by atoms with Crippen LogP contribution in [0.2, 0.25) is 0 Å². The summed E-state index contributed by atoms with van der Waals surface area (Å²) >= 11 is 0. The van der Waals surface area contributed by atoms with E-state index in [9.17, 15) is 23.1 Å². The number of hydrogen-bond donors (Lipinski definition) is 1. The van der Waals surface area contributed by atoms with Gasteiger partial charge < -0.3 is 19.3 Å². The van der Waals surface area contributed by atoms with E-state index in [-0.39, 0.29) is 43.5 Å². The summed E-state index contributed by atoms with van der Waals surface area (Å²) in [5.74, 6) is -9.49. The first kappa shape index (κ1) is 24.1. The van der Waals surface area contributed by atoms with Crippen molar-refractivity contribution in [1.82, 2.24) is 0 Å². The number of fused-ring (bicyclic) bond motifs is 5. The number of ether oxygens (including phenoxy) is 3. The van der Waals surface area contributed by atoms with Gasteiger partial charge in [0.2, 0.25) is 0 Å². The highest BCUT2D eigenvalue weighted by Gasteiger charge is 2.85. The molecule has 0 aromatic rings. The van der Waals surface area contributed by atoms with Gasteiger partial charge in [-0.2, -0.15) is 22.0 Å². The molecule has 0 radical (unpaired) electrons. The maximum atomic E-state index is 15.7. The van der Waals surface area contributed by atoms with Crippen molar-refractivity contribution in [2.75, 3.05) is 6.79 Å². The average molecular weight is 521 g/mol. The SMILES string of the molecule is O=C(OC12CC3CC(C1)C1(OCOC(O)(C(F)(F)F)C1(F)F)C(C3)C2)C1CC2CC1C1CCCCC21. The van der Waals surface area contributed by atoms with Crippen molar-refractivity contribution < 1.29 is 46.1 Å². The summed E-state index contributed by atoms with van der Waals surface area (Å²) in [5.41, 5.74) is -3.44. The number of hydrogen-bond acceptors (Lipinski definition) is 5. The predicted octanol–water partition coefficient (Wildman–Crippen LogP) is 5.20. The maximum absolute atomic E-state index is 15.7. The number of alkyl halides is 5. The second-order valence-corrected chi connectivity index (χ2v) is 13.0. The van der Waals surface area contributed by atoms with Crippen LogP contribution < -0.4 is 0 Å². The molecule has 202 valence electrons. The number of halogens is 5. The Bertz CT molecular complexity index is 937. The lowest BCUT2D eigenvalue weighted by Crippen LogP contribution is -2.81. The van der Waals surface area contributed by atoms with E-state index in [1.165, 1.54) is 19.3 Å². The number of aliphatic hydroxyl groups is 1. The monoisotopic (exact) mass is 520 g/mol. The Morgan fingerprint density at radius 1 is 0.889 bits per heavy atom. The van der Waals surface area contributed by atoms with E-state index in [0.29, 0.717) is 30.1 Å². The molecule has 10 heteroatoms. The van der Waals surface area contributed by atoms with Crippen molar-refractivity contribution in [2.45, 2.75) is 99.7 Å². The van der Waals surface area contributed by atoms with Gasteiger partial charge in [-0.05, 0) is 99.2 Å². The maximum Gasteiger partial charge on any atom is 0.449 e. The van der Waals surface area contributed by atoms with Crippen LogP contribution in [0.25, 0.3) is 0 Å². The highest BCUT2D eigenvalue weighted by atomic mass is 19.4. The van der Waals surface area contributed by atoms with Crippen LogP contribution in [0.5, 0.6) is 0 Å². The molecule has 5 nitrogen and oxygen atoms in total. The third kappa shape index (κ3) is 2.84. The molecule has 7 saturated carbocycles. The first-order valence-electron chi connectivity index (χ1n) is 13.6. The quantitative estimate of drug-likeness (QED) is 0.401. The number of carbonyl (C=O) groups excluding carboxylic acids is 1. The molecule has 8 rings (SSSR count). The second kappa shape index (κ2) is 7.34. The average Bonchev–Trinajstić information content (AvgIpc) is 3.39. The van der Waals surface area contributed by atoms with Crippen LogP contribution >= 0.6 is 0 Å². The van der Waals surface area contributed by atoms with Gasteiger partial charge in [0.1, 0.15) is 11.2 Å². The Hall–Kier alpha value is -1.00. The molecule has 8 atom stereocenters. The van der Waals surface area contributed by atoms with E-state index in [0.717, 1.165) is 19.3 Å². The van der Waals surface area contributed by atoms with Crippen molar-refractivity contribution in [2.24, 2.45) is 47.3 Å². The molecule has 0 amide bonds. The normalized spacial score (nSPS) is 54.6. The lowest BCUT2D eigenvalue weighted by Gasteiger charge is -2.67. The molecule has 8 aliphatic rings. The molecule has 0 aromatic carbocycles. The number of rotatable bonds is 2. The van der Waals surface area contributed by atoms with Gasteiger partial charge >= 0.3 is 23.9 Å². The third-order valence-electron chi connectivity index (χ3n) is 11.5. The van der Waals surface area contributed by atoms with Crippen molar-refractivity contribution in [3.05, 3.63) is 0 Å². The molecular formula is C26H33F5O5. The molecule has 8 unspecified atom stereocenters. The fourth-order valence-corrected chi connectivity index (χ4v) is 10.5. The van der Waals surface area contributed by atoms with E-state index in [1.807, 2.05) is 0 Å². The number of carbonyl (C=O) groups is 1. The molecule has 6 bridgehead atoms. The molecule has 1 N–H and O–H groups in total. The topological polar surface area (TPSA) is 65.0 Å². The van der Waals surface area contributed by atoms with Gasteiger partial charge in [-0.3, -0.25) is 4.79 Å². The summed E-state index contributed by atoms with van der Waals surface area (Å²) in [6, 6.07) is 0. The molecule has 1 aliphatic heterocycles. The minimum Gasteiger partial charge on any atom is -0.459 e. The van der Waals surface area contributed by atoms with Crippen LogP contribution in [0.1, 0.15) is 70.6 Å². The second-order valence-electron chi connectivity index (χ2n) is 13.0. The Morgan fingerprint density at radius 3 is 2.22 bits per heavy atom.